The number of nitrogens with one attached hydrogen (secondary N) is 1. The first-order chi connectivity index (χ1) is 9.60. The molecule has 2 rings (SSSR count). The second kappa shape index (κ2) is 6.84. The fourth-order valence-corrected chi connectivity index (χ4v) is 2.26. The van der Waals surface area contributed by atoms with Crippen LogP contribution >= 0.6 is 23.2 Å². The summed E-state index contributed by atoms with van der Waals surface area (Å²) in [6.45, 7) is 0.355. The average Bonchev–Trinajstić information content (AvgIpc) is 2.46. The van der Waals surface area contributed by atoms with E-state index in [1.807, 2.05) is 24.3 Å². The Balaban J connectivity index is 1.98. The predicted molar refractivity (Wildman–Crippen MR) is 82.9 cm³/mol. The van der Waals surface area contributed by atoms with E-state index in [1.165, 1.54) is 0 Å². The van der Waals surface area contributed by atoms with Crippen LogP contribution < -0.4 is 10.1 Å². The van der Waals surface area contributed by atoms with Crippen LogP contribution in [0.15, 0.2) is 42.5 Å². The molecule has 20 heavy (non-hydrogen) atoms. The molecule has 5 heteroatoms. The van der Waals surface area contributed by atoms with Crippen LogP contribution in [-0.2, 0) is 0 Å². The van der Waals surface area contributed by atoms with E-state index < -0.39 is 6.10 Å². The molecule has 2 aromatic rings. The van der Waals surface area contributed by atoms with E-state index in [0.717, 1.165) is 17.0 Å². The van der Waals surface area contributed by atoms with E-state index in [-0.39, 0.29) is 0 Å². The molecule has 0 saturated heterocycles. The van der Waals surface area contributed by atoms with Gasteiger partial charge < -0.3 is 15.2 Å². The first-order valence-corrected chi connectivity index (χ1v) is 6.86. The van der Waals surface area contributed by atoms with E-state index in [0.29, 0.717) is 16.6 Å². The summed E-state index contributed by atoms with van der Waals surface area (Å²) in [5, 5.41) is 14.3. The van der Waals surface area contributed by atoms with Gasteiger partial charge in [0.05, 0.1) is 23.9 Å². The van der Waals surface area contributed by atoms with Crippen molar-refractivity contribution in [3.05, 3.63) is 58.1 Å². The summed E-state index contributed by atoms with van der Waals surface area (Å²) in [6.07, 6.45) is -0.632. The Labute approximate surface area is 128 Å². The molecule has 0 aliphatic carbocycles. The molecule has 0 spiro atoms. The number of hydrogen-bond donors (Lipinski definition) is 2. The number of ether oxygens (including phenoxy) is 1. The molecule has 0 saturated carbocycles. The van der Waals surface area contributed by atoms with E-state index in [4.69, 9.17) is 27.9 Å². The molecule has 0 fully saturated rings. The van der Waals surface area contributed by atoms with Crippen LogP contribution in [0.3, 0.4) is 0 Å². The minimum Gasteiger partial charge on any atom is -0.497 e. The van der Waals surface area contributed by atoms with Gasteiger partial charge in [-0.2, -0.15) is 0 Å². The second-order valence-corrected chi connectivity index (χ2v) is 5.14. The van der Waals surface area contributed by atoms with Gasteiger partial charge in [-0.05, 0) is 35.9 Å². The minimum atomic E-state index is -0.632. The molecule has 0 heterocycles. The Hall–Kier alpha value is -1.42. The van der Waals surface area contributed by atoms with Crippen molar-refractivity contribution in [2.75, 3.05) is 19.0 Å². The first kappa shape index (κ1) is 15.0. The summed E-state index contributed by atoms with van der Waals surface area (Å²) < 4.78 is 5.08. The van der Waals surface area contributed by atoms with Gasteiger partial charge in [-0.15, -0.1) is 0 Å². The molecule has 0 aromatic heterocycles. The normalized spacial score (nSPS) is 12.0. The third-order valence-electron chi connectivity index (χ3n) is 2.92. The largest absolute Gasteiger partial charge is 0.497 e. The lowest BCUT2D eigenvalue weighted by atomic mass is 10.1. The van der Waals surface area contributed by atoms with Crippen LogP contribution in [0.1, 0.15) is 11.7 Å². The number of halogens is 2. The van der Waals surface area contributed by atoms with Crippen molar-refractivity contribution in [2.24, 2.45) is 0 Å². The van der Waals surface area contributed by atoms with Crippen LogP contribution in [0.25, 0.3) is 0 Å². The molecule has 3 nitrogen and oxygen atoms in total. The van der Waals surface area contributed by atoms with Gasteiger partial charge in [-0.1, -0.05) is 35.3 Å². The zero-order chi connectivity index (χ0) is 14.5. The number of methoxy groups -OCH3 is 1. The van der Waals surface area contributed by atoms with Crippen LogP contribution in [0.5, 0.6) is 5.75 Å². The molecule has 0 aliphatic rings. The third kappa shape index (κ3) is 3.79. The van der Waals surface area contributed by atoms with Crippen LogP contribution in [-0.4, -0.2) is 18.8 Å². The number of rotatable bonds is 5. The lowest BCUT2D eigenvalue weighted by molar-refractivity contribution is 0.191. The maximum Gasteiger partial charge on any atom is 0.118 e. The maximum absolute atomic E-state index is 10.1. The highest BCUT2D eigenvalue weighted by Gasteiger charge is 2.08. The van der Waals surface area contributed by atoms with Crippen LogP contribution in [0, 0.1) is 0 Å². The number of aliphatic hydroxyl groups excluding tert-OH is 1. The SMILES string of the molecule is COc1ccc(C(O)CNc2ccc(Cl)cc2Cl)cc1. The van der Waals surface area contributed by atoms with Crippen molar-refractivity contribution in [2.45, 2.75) is 6.10 Å². The van der Waals surface area contributed by atoms with Crippen molar-refractivity contribution >= 4 is 28.9 Å². The Morgan fingerprint density at radius 3 is 2.45 bits per heavy atom. The maximum atomic E-state index is 10.1. The number of aliphatic hydroxyl groups is 1. The average molecular weight is 312 g/mol. The fourth-order valence-electron chi connectivity index (χ4n) is 1.78. The van der Waals surface area contributed by atoms with E-state index in [2.05, 4.69) is 5.32 Å². The van der Waals surface area contributed by atoms with Gasteiger partial charge in [-0.3, -0.25) is 0 Å². The van der Waals surface area contributed by atoms with E-state index in [1.54, 1.807) is 25.3 Å². The summed E-state index contributed by atoms with van der Waals surface area (Å²) in [5.41, 5.74) is 1.55. The Kier molecular flexibility index (Phi) is 5.12. The number of hydrogen-bond acceptors (Lipinski definition) is 3. The smallest absolute Gasteiger partial charge is 0.118 e. The van der Waals surface area contributed by atoms with Gasteiger partial charge >= 0.3 is 0 Å². The van der Waals surface area contributed by atoms with Gasteiger partial charge in [0.1, 0.15) is 5.75 Å². The predicted octanol–water partition coefficient (Wildman–Crippen LogP) is 4.15. The highest BCUT2D eigenvalue weighted by atomic mass is 35.5. The van der Waals surface area contributed by atoms with Crippen LogP contribution in [0.4, 0.5) is 5.69 Å². The van der Waals surface area contributed by atoms with Crippen LogP contribution in [0.2, 0.25) is 10.0 Å². The zero-order valence-corrected chi connectivity index (χ0v) is 12.4. The van der Waals surface area contributed by atoms with Gasteiger partial charge in [0, 0.05) is 11.6 Å². The van der Waals surface area contributed by atoms with Crippen molar-refractivity contribution in [3.8, 4) is 5.75 Å². The Bertz CT molecular complexity index is 573. The van der Waals surface area contributed by atoms with E-state index >= 15 is 0 Å². The molecule has 2 aromatic carbocycles. The molecule has 1 atom stereocenters. The summed E-state index contributed by atoms with van der Waals surface area (Å²) in [7, 11) is 1.61. The highest BCUT2D eigenvalue weighted by Crippen LogP contribution is 2.26. The standard InChI is InChI=1S/C15H15Cl2NO2/c1-20-12-5-2-10(3-6-12)15(19)9-18-14-7-4-11(16)8-13(14)17/h2-8,15,18-19H,9H2,1H3. The summed E-state index contributed by atoms with van der Waals surface area (Å²) in [5.74, 6) is 0.759. The topological polar surface area (TPSA) is 41.5 Å². The Morgan fingerprint density at radius 2 is 1.85 bits per heavy atom. The molecule has 2 N–H and O–H groups in total. The van der Waals surface area contributed by atoms with Gasteiger partial charge in [-0.25, -0.2) is 0 Å². The molecule has 0 radical (unpaired) electrons. The molecule has 1 unspecified atom stereocenters. The van der Waals surface area contributed by atoms with Crippen molar-refractivity contribution in [3.63, 3.8) is 0 Å². The second-order valence-electron chi connectivity index (χ2n) is 4.29. The molecule has 0 bridgehead atoms. The minimum absolute atomic E-state index is 0.355. The van der Waals surface area contributed by atoms with E-state index in [9.17, 15) is 5.11 Å². The molecule has 0 aliphatic heterocycles. The summed E-state index contributed by atoms with van der Waals surface area (Å²) in [6, 6.07) is 12.5. The Morgan fingerprint density at radius 1 is 1.15 bits per heavy atom. The lowest BCUT2D eigenvalue weighted by Gasteiger charge is -2.14. The fraction of sp³-hybridized carbons (Fsp3) is 0.200. The monoisotopic (exact) mass is 311 g/mol. The zero-order valence-electron chi connectivity index (χ0n) is 10.9. The van der Waals surface area contributed by atoms with Crippen molar-refractivity contribution in [1.29, 1.82) is 0 Å². The van der Waals surface area contributed by atoms with Gasteiger partial charge in [0.15, 0.2) is 0 Å². The highest BCUT2D eigenvalue weighted by molar-refractivity contribution is 6.36. The van der Waals surface area contributed by atoms with Gasteiger partial charge in [0.25, 0.3) is 0 Å². The first-order valence-electron chi connectivity index (χ1n) is 6.11. The van der Waals surface area contributed by atoms with Crippen molar-refractivity contribution in [1.82, 2.24) is 0 Å². The quantitative estimate of drug-likeness (QED) is 0.871. The summed E-state index contributed by atoms with van der Waals surface area (Å²) in [4.78, 5) is 0. The number of benzene rings is 2. The summed E-state index contributed by atoms with van der Waals surface area (Å²) >= 11 is 11.9. The molecule has 106 valence electrons. The lowest BCUT2D eigenvalue weighted by Crippen LogP contribution is -2.12. The number of anilines is 1. The van der Waals surface area contributed by atoms with Crippen molar-refractivity contribution < 1.29 is 9.84 Å². The molecule has 0 amide bonds. The van der Waals surface area contributed by atoms with Gasteiger partial charge in [0.2, 0.25) is 0 Å². The molecular weight excluding hydrogens is 297 g/mol. The third-order valence-corrected chi connectivity index (χ3v) is 3.47. The molecular formula is C15H15Cl2NO2.